The van der Waals surface area contributed by atoms with Gasteiger partial charge in [-0.05, 0) is 22.6 Å². The van der Waals surface area contributed by atoms with Crippen LogP contribution in [-0.4, -0.2) is 41.3 Å². The van der Waals surface area contributed by atoms with Crippen molar-refractivity contribution in [2.24, 2.45) is 0 Å². The number of aromatic nitrogens is 7. The molecule has 0 fully saturated rings. The number of benzene rings is 2. The molecule has 4 rings (SSSR count). The number of H-pyrrole nitrogens is 1. The van der Waals surface area contributed by atoms with E-state index in [9.17, 15) is 4.79 Å². The highest BCUT2D eigenvalue weighted by atomic mass is 16.2. The Hall–Kier alpha value is -3.88. The van der Waals surface area contributed by atoms with Crippen molar-refractivity contribution in [2.45, 2.75) is 6.54 Å². The molecule has 0 bridgehead atoms. The van der Waals surface area contributed by atoms with Crippen LogP contribution in [0.15, 0.2) is 60.9 Å². The largest absolute Gasteiger partial charge is 0.324 e. The Labute approximate surface area is 148 Å². The molecular formula is C17H14N8O. The number of nitrogens with zero attached hydrogens (tertiary/aromatic N) is 6. The lowest BCUT2D eigenvalue weighted by atomic mass is 10.1. The first kappa shape index (κ1) is 15.6. The molecule has 0 radical (unpaired) electrons. The number of anilines is 1. The first-order valence-electron chi connectivity index (χ1n) is 7.87. The second-order valence-corrected chi connectivity index (χ2v) is 5.47. The number of hydrogen-bond donors (Lipinski definition) is 2. The first-order valence-corrected chi connectivity index (χ1v) is 7.87. The predicted octanol–water partition coefficient (Wildman–Crippen LogP) is 1.76. The minimum Gasteiger partial charge on any atom is -0.324 e. The summed E-state index contributed by atoms with van der Waals surface area (Å²) in [5.41, 5.74) is 2.28. The van der Waals surface area contributed by atoms with E-state index in [-0.39, 0.29) is 12.5 Å². The number of tetrazole rings is 1. The molecule has 26 heavy (non-hydrogen) atoms. The van der Waals surface area contributed by atoms with E-state index in [4.69, 9.17) is 0 Å². The van der Waals surface area contributed by atoms with Gasteiger partial charge in [-0.25, -0.2) is 9.67 Å². The number of para-hydroxylation sites is 1. The summed E-state index contributed by atoms with van der Waals surface area (Å²) < 4.78 is 1.35. The Kier molecular flexibility index (Phi) is 4.17. The third kappa shape index (κ3) is 3.31. The molecule has 0 unspecified atom stereocenters. The summed E-state index contributed by atoms with van der Waals surface area (Å²) in [6.45, 7) is 0.0208. The molecule has 0 saturated heterocycles. The van der Waals surface area contributed by atoms with Crippen molar-refractivity contribution in [3.8, 4) is 22.8 Å². The Morgan fingerprint density at radius 3 is 2.69 bits per heavy atom. The van der Waals surface area contributed by atoms with Gasteiger partial charge in [-0.2, -0.15) is 5.10 Å². The lowest BCUT2D eigenvalue weighted by Crippen LogP contribution is -2.19. The fourth-order valence-electron chi connectivity index (χ4n) is 2.49. The summed E-state index contributed by atoms with van der Waals surface area (Å²) in [5, 5.41) is 20.7. The van der Waals surface area contributed by atoms with Crippen LogP contribution in [0, 0.1) is 0 Å². The van der Waals surface area contributed by atoms with Crippen molar-refractivity contribution in [1.82, 2.24) is 35.4 Å². The van der Waals surface area contributed by atoms with E-state index < -0.39 is 0 Å². The average Bonchev–Trinajstić information content (AvgIpc) is 3.35. The number of nitrogens with one attached hydrogen (secondary N) is 2. The fourth-order valence-corrected chi connectivity index (χ4v) is 2.49. The van der Waals surface area contributed by atoms with E-state index in [0.29, 0.717) is 17.3 Å². The van der Waals surface area contributed by atoms with E-state index >= 15 is 0 Å². The molecular weight excluding hydrogens is 332 g/mol. The molecule has 0 aliphatic heterocycles. The molecule has 2 heterocycles. The summed E-state index contributed by atoms with van der Waals surface area (Å²) in [6.07, 6.45) is 1.38. The molecule has 2 N–H and O–H groups in total. The zero-order valence-corrected chi connectivity index (χ0v) is 13.6. The normalized spacial score (nSPS) is 10.6. The average molecular weight is 346 g/mol. The van der Waals surface area contributed by atoms with E-state index in [1.54, 1.807) is 6.07 Å². The smallest absolute Gasteiger partial charge is 0.246 e. The van der Waals surface area contributed by atoms with Gasteiger partial charge in [-0.15, -0.1) is 5.10 Å². The van der Waals surface area contributed by atoms with Gasteiger partial charge < -0.3 is 5.32 Å². The van der Waals surface area contributed by atoms with Gasteiger partial charge in [-0.3, -0.25) is 9.89 Å². The molecule has 128 valence electrons. The molecule has 0 spiro atoms. The molecule has 2 aromatic carbocycles. The molecule has 2 aromatic heterocycles. The third-order valence-electron chi connectivity index (χ3n) is 3.67. The molecule has 4 aromatic rings. The number of carbonyl (C=O) groups is 1. The number of amides is 1. The highest BCUT2D eigenvalue weighted by Gasteiger charge is 2.13. The minimum absolute atomic E-state index is 0.0208. The van der Waals surface area contributed by atoms with Gasteiger partial charge in [0.1, 0.15) is 12.9 Å². The summed E-state index contributed by atoms with van der Waals surface area (Å²) in [7, 11) is 0. The summed E-state index contributed by atoms with van der Waals surface area (Å²) >= 11 is 0. The van der Waals surface area contributed by atoms with Crippen LogP contribution in [0.2, 0.25) is 0 Å². The van der Waals surface area contributed by atoms with Crippen molar-refractivity contribution in [1.29, 1.82) is 0 Å². The van der Waals surface area contributed by atoms with Gasteiger partial charge in [0.05, 0.1) is 5.69 Å². The van der Waals surface area contributed by atoms with Crippen LogP contribution in [0.25, 0.3) is 22.8 Å². The minimum atomic E-state index is -0.243. The highest BCUT2D eigenvalue weighted by molar-refractivity contribution is 5.94. The van der Waals surface area contributed by atoms with Crippen LogP contribution in [0.3, 0.4) is 0 Å². The molecule has 9 heteroatoms. The van der Waals surface area contributed by atoms with Crippen LogP contribution in [0.4, 0.5) is 5.69 Å². The number of aromatic amines is 1. The van der Waals surface area contributed by atoms with Crippen molar-refractivity contribution >= 4 is 11.6 Å². The van der Waals surface area contributed by atoms with Crippen LogP contribution in [0.1, 0.15) is 0 Å². The first-order chi connectivity index (χ1) is 12.8. The summed E-state index contributed by atoms with van der Waals surface area (Å²) in [5.74, 6) is 0.921. The maximum Gasteiger partial charge on any atom is 0.246 e. The fraction of sp³-hybridized carbons (Fsp3) is 0.0588. The maximum absolute atomic E-state index is 12.2. The second kappa shape index (κ2) is 6.93. The lowest BCUT2D eigenvalue weighted by Gasteiger charge is -2.08. The quantitative estimate of drug-likeness (QED) is 0.569. The van der Waals surface area contributed by atoms with E-state index in [1.165, 1.54) is 11.0 Å². The zero-order valence-electron chi connectivity index (χ0n) is 13.6. The Morgan fingerprint density at radius 1 is 1.08 bits per heavy atom. The maximum atomic E-state index is 12.2. The van der Waals surface area contributed by atoms with Gasteiger partial charge in [0, 0.05) is 11.1 Å². The molecule has 0 saturated carbocycles. The number of rotatable bonds is 5. The van der Waals surface area contributed by atoms with Gasteiger partial charge >= 0.3 is 0 Å². The van der Waals surface area contributed by atoms with Crippen LogP contribution >= 0.6 is 0 Å². The summed E-state index contributed by atoms with van der Waals surface area (Å²) in [6, 6.07) is 17.0. The van der Waals surface area contributed by atoms with Gasteiger partial charge in [0.15, 0.2) is 11.6 Å². The molecule has 0 aliphatic rings. The highest BCUT2D eigenvalue weighted by Crippen LogP contribution is 2.26. The van der Waals surface area contributed by atoms with Gasteiger partial charge in [-0.1, -0.05) is 42.5 Å². The SMILES string of the molecule is O=C(Cn1cnnn1)Nc1ccccc1-c1nc(-c2ccccc2)n[nH]1. The van der Waals surface area contributed by atoms with E-state index in [1.807, 2.05) is 48.5 Å². The number of carbonyl (C=O) groups excluding carboxylic acids is 1. The molecule has 9 nitrogen and oxygen atoms in total. The molecule has 0 aliphatic carbocycles. The van der Waals surface area contributed by atoms with Gasteiger partial charge in [0.2, 0.25) is 5.91 Å². The Balaban J connectivity index is 1.58. The molecule has 1 amide bonds. The Morgan fingerprint density at radius 2 is 1.88 bits per heavy atom. The molecule has 0 atom stereocenters. The lowest BCUT2D eigenvalue weighted by molar-refractivity contribution is -0.116. The van der Waals surface area contributed by atoms with Gasteiger partial charge in [0.25, 0.3) is 0 Å². The second-order valence-electron chi connectivity index (χ2n) is 5.47. The number of hydrogen-bond acceptors (Lipinski definition) is 6. The van der Waals surface area contributed by atoms with Crippen LogP contribution < -0.4 is 5.32 Å². The Bertz CT molecular complexity index is 1010. The van der Waals surface area contributed by atoms with E-state index in [0.717, 1.165) is 11.1 Å². The van der Waals surface area contributed by atoms with Crippen molar-refractivity contribution in [3.63, 3.8) is 0 Å². The standard InChI is InChI=1S/C17H14N8O/c26-15(10-25-11-18-23-24-25)19-14-9-5-4-8-13(14)17-20-16(21-22-17)12-6-2-1-3-7-12/h1-9,11H,10H2,(H,19,26)(H,20,21,22). The third-order valence-corrected chi connectivity index (χ3v) is 3.67. The van der Waals surface area contributed by atoms with Crippen LogP contribution in [-0.2, 0) is 11.3 Å². The van der Waals surface area contributed by atoms with Crippen molar-refractivity contribution in [3.05, 3.63) is 60.9 Å². The van der Waals surface area contributed by atoms with E-state index in [2.05, 4.69) is 36.0 Å². The van der Waals surface area contributed by atoms with Crippen molar-refractivity contribution < 1.29 is 4.79 Å². The predicted molar refractivity (Wildman–Crippen MR) is 93.7 cm³/mol. The zero-order chi connectivity index (χ0) is 17.8. The van der Waals surface area contributed by atoms with Crippen LogP contribution in [0.5, 0.6) is 0 Å². The monoisotopic (exact) mass is 346 g/mol. The topological polar surface area (TPSA) is 114 Å². The van der Waals surface area contributed by atoms with Crippen molar-refractivity contribution in [2.75, 3.05) is 5.32 Å². The summed E-state index contributed by atoms with van der Waals surface area (Å²) in [4.78, 5) is 16.8.